The number of rotatable bonds is 4. The van der Waals surface area contributed by atoms with Crippen molar-refractivity contribution in [2.75, 3.05) is 0 Å². The molecule has 2 nitrogen and oxygen atoms in total. The Morgan fingerprint density at radius 1 is 1.42 bits per heavy atom. The fourth-order valence-corrected chi connectivity index (χ4v) is 1.13. The van der Waals surface area contributed by atoms with E-state index in [1.54, 1.807) is 6.92 Å². The summed E-state index contributed by atoms with van der Waals surface area (Å²) >= 11 is 0. The van der Waals surface area contributed by atoms with Crippen LogP contribution in [0.5, 0.6) is 0 Å². The fourth-order valence-electron chi connectivity index (χ4n) is 1.13. The van der Waals surface area contributed by atoms with Gasteiger partial charge >= 0.3 is 0 Å². The minimum Gasteiger partial charge on any atom is -0.298 e. The molecule has 0 bridgehead atoms. The zero-order valence-corrected chi connectivity index (χ0v) is 8.10. The van der Waals surface area contributed by atoms with Gasteiger partial charge in [-0.2, -0.15) is 0 Å². The van der Waals surface area contributed by atoms with Gasteiger partial charge in [0.1, 0.15) is 6.04 Å². The molecular formula is C9H16FNO. The van der Waals surface area contributed by atoms with Crippen molar-refractivity contribution in [3.63, 3.8) is 0 Å². The van der Waals surface area contributed by atoms with Crippen LogP contribution in [0.3, 0.4) is 0 Å². The molecule has 0 aromatic heterocycles. The molecule has 0 radical (unpaired) electrons. The van der Waals surface area contributed by atoms with E-state index in [-0.39, 0.29) is 17.4 Å². The summed E-state index contributed by atoms with van der Waals surface area (Å²) in [4.78, 5) is 11.0. The van der Waals surface area contributed by atoms with Crippen molar-refractivity contribution in [3.8, 4) is 0 Å². The van der Waals surface area contributed by atoms with E-state index in [2.05, 4.69) is 6.58 Å². The van der Waals surface area contributed by atoms with Crippen LogP contribution in [0.2, 0.25) is 0 Å². The van der Waals surface area contributed by atoms with E-state index in [1.807, 2.05) is 13.8 Å². The highest BCUT2D eigenvalue weighted by molar-refractivity contribution is 5.81. The lowest BCUT2D eigenvalue weighted by molar-refractivity contribution is -0.129. The Kier molecular flexibility index (Phi) is 3.93. The zero-order chi connectivity index (χ0) is 9.89. The van der Waals surface area contributed by atoms with Crippen molar-refractivity contribution < 1.29 is 9.28 Å². The first-order valence-corrected chi connectivity index (χ1v) is 3.99. The standard InChI is InChI=1S/C9H16FNO/c1-6(2)9(8(5)12)11(10)7(3)4/h6,9H,3H2,1-2,4-5H3. The molecule has 0 heterocycles. The Balaban J connectivity index is 4.51. The first-order chi connectivity index (χ1) is 5.37. The quantitative estimate of drug-likeness (QED) is 0.608. The molecule has 0 aliphatic rings. The van der Waals surface area contributed by atoms with Crippen LogP contribution in [0, 0.1) is 5.92 Å². The maximum absolute atomic E-state index is 13.2. The number of ketones is 1. The van der Waals surface area contributed by atoms with Crippen LogP contribution in [0.4, 0.5) is 4.48 Å². The monoisotopic (exact) mass is 173 g/mol. The van der Waals surface area contributed by atoms with Gasteiger partial charge in [-0.25, -0.2) is 5.12 Å². The smallest absolute Gasteiger partial charge is 0.155 e. The van der Waals surface area contributed by atoms with Crippen LogP contribution in [0.25, 0.3) is 0 Å². The second-order valence-electron chi connectivity index (χ2n) is 3.35. The molecule has 0 saturated carbocycles. The predicted octanol–water partition coefficient (Wildman–Crippen LogP) is 2.32. The Bertz CT molecular complexity index is 189. The Hall–Kier alpha value is -0.860. The van der Waals surface area contributed by atoms with E-state index in [1.165, 1.54) is 6.92 Å². The minimum absolute atomic E-state index is 0.0378. The number of Topliss-reactive ketones (excluding diaryl/α,β-unsaturated/α-hetero) is 1. The lowest BCUT2D eigenvalue weighted by atomic mass is 10.0. The van der Waals surface area contributed by atoms with E-state index >= 15 is 0 Å². The highest BCUT2D eigenvalue weighted by Crippen LogP contribution is 2.16. The minimum atomic E-state index is -0.692. The normalized spacial score (nSPS) is 12.8. The summed E-state index contributed by atoms with van der Waals surface area (Å²) in [6.07, 6.45) is 0. The molecule has 1 unspecified atom stereocenters. The molecule has 0 aliphatic heterocycles. The number of carbonyl (C=O) groups is 1. The SMILES string of the molecule is C=C(C)N(F)C(C(C)=O)C(C)C. The average Bonchev–Trinajstić information content (AvgIpc) is 1.85. The van der Waals surface area contributed by atoms with Gasteiger partial charge in [0.25, 0.3) is 0 Å². The van der Waals surface area contributed by atoms with Crippen molar-refractivity contribution in [2.45, 2.75) is 33.7 Å². The number of hydrogen-bond donors (Lipinski definition) is 0. The molecule has 0 amide bonds. The summed E-state index contributed by atoms with van der Waals surface area (Å²) in [6.45, 7) is 9.98. The molecule has 0 aliphatic carbocycles. The number of nitrogens with zero attached hydrogens (tertiary/aromatic N) is 1. The van der Waals surface area contributed by atoms with Crippen LogP contribution < -0.4 is 0 Å². The highest BCUT2D eigenvalue weighted by atomic mass is 19.2. The molecule has 1 atom stereocenters. The lowest BCUT2D eigenvalue weighted by Crippen LogP contribution is -2.37. The van der Waals surface area contributed by atoms with Crippen LogP contribution in [-0.4, -0.2) is 16.9 Å². The fraction of sp³-hybridized carbons (Fsp3) is 0.667. The second-order valence-corrected chi connectivity index (χ2v) is 3.35. The van der Waals surface area contributed by atoms with Crippen LogP contribution in [0.15, 0.2) is 12.3 Å². The van der Waals surface area contributed by atoms with Crippen molar-refractivity contribution in [1.29, 1.82) is 0 Å². The van der Waals surface area contributed by atoms with Crippen LogP contribution >= 0.6 is 0 Å². The van der Waals surface area contributed by atoms with Crippen molar-refractivity contribution in [1.82, 2.24) is 5.12 Å². The van der Waals surface area contributed by atoms with Gasteiger partial charge in [0.15, 0.2) is 5.78 Å². The molecule has 0 fully saturated rings. The van der Waals surface area contributed by atoms with Crippen LogP contribution in [0.1, 0.15) is 27.7 Å². The molecule has 12 heavy (non-hydrogen) atoms. The zero-order valence-electron chi connectivity index (χ0n) is 8.10. The van der Waals surface area contributed by atoms with E-state index < -0.39 is 6.04 Å². The molecule has 70 valence electrons. The number of hydrogen-bond acceptors (Lipinski definition) is 2. The third-order valence-electron chi connectivity index (χ3n) is 1.66. The molecule has 3 heteroatoms. The van der Waals surface area contributed by atoms with Gasteiger partial charge in [0.2, 0.25) is 0 Å². The topological polar surface area (TPSA) is 20.3 Å². The van der Waals surface area contributed by atoms with Gasteiger partial charge in [-0.05, 0) is 19.8 Å². The molecule has 0 aromatic rings. The summed E-state index contributed by atoms with van der Waals surface area (Å²) < 4.78 is 13.2. The predicted molar refractivity (Wildman–Crippen MR) is 47.1 cm³/mol. The van der Waals surface area contributed by atoms with Crippen LogP contribution in [-0.2, 0) is 4.79 Å². The van der Waals surface area contributed by atoms with Gasteiger partial charge in [-0.3, -0.25) is 4.79 Å². The first-order valence-electron chi connectivity index (χ1n) is 3.99. The van der Waals surface area contributed by atoms with Gasteiger partial charge in [-0.15, -0.1) is 0 Å². The summed E-state index contributed by atoms with van der Waals surface area (Å²) in [5.41, 5.74) is 0.267. The molecule has 0 aromatic carbocycles. The maximum atomic E-state index is 13.2. The third-order valence-corrected chi connectivity index (χ3v) is 1.66. The number of halogens is 1. The summed E-state index contributed by atoms with van der Waals surface area (Å²) in [7, 11) is 0. The largest absolute Gasteiger partial charge is 0.298 e. The molecular weight excluding hydrogens is 157 g/mol. The van der Waals surface area contributed by atoms with E-state index in [0.717, 1.165) is 0 Å². The summed E-state index contributed by atoms with van der Waals surface area (Å²) in [6, 6.07) is -0.692. The maximum Gasteiger partial charge on any atom is 0.155 e. The van der Waals surface area contributed by atoms with Gasteiger partial charge < -0.3 is 0 Å². The Labute approximate surface area is 73.0 Å². The van der Waals surface area contributed by atoms with Crippen molar-refractivity contribution in [3.05, 3.63) is 12.3 Å². The second kappa shape index (κ2) is 4.24. The molecule has 0 spiro atoms. The third kappa shape index (κ3) is 2.64. The van der Waals surface area contributed by atoms with E-state index in [9.17, 15) is 9.28 Å². The summed E-state index contributed by atoms with van der Waals surface area (Å²) in [5, 5.41) is 0.438. The van der Waals surface area contributed by atoms with Crippen molar-refractivity contribution in [2.24, 2.45) is 5.92 Å². The van der Waals surface area contributed by atoms with Crippen molar-refractivity contribution >= 4 is 5.78 Å². The Morgan fingerprint density at radius 3 is 1.92 bits per heavy atom. The molecule has 0 saturated heterocycles. The van der Waals surface area contributed by atoms with Gasteiger partial charge in [-0.1, -0.05) is 24.9 Å². The summed E-state index contributed by atoms with van der Waals surface area (Å²) in [5.74, 6) is -0.209. The first kappa shape index (κ1) is 11.1. The number of allylic oxidation sites excluding steroid dienone is 1. The van der Waals surface area contributed by atoms with E-state index in [0.29, 0.717) is 5.12 Å². The van der Waals surface area contributed by atoms with E-state index in [4.69, 9.17) is 0 Å². The Morgan fingerprint density at radius 2 is 1.83 bits per heavy atom. The lowest BCUT2D eigenvalue weighted by Gasteiger charge is -2.25. The highest BCUT2D eigenvalue weighted by Gasteiger charge is 2.25. The van der Waals surface area contributed by atoms with Gasteiger partial charge in [0, 0.05) is 5.70 Å². The number of carbonyl (C=O) groups excluding carboxylic acids is 1. The molecule has 0 N–H and O–H groups in total. The molecule has 0 rings (SSSR count). The van der Waals surface area contributed by atoms with Gasteiger partial charge in [0.05, 0.1) is 0 Å². The average molecular weight is 173 g/mol.